The minimum atomic E-state index is 0.0681. The molecule has 0 aromatic rings. The van der Waals surface area contributed by atoms with Gasteiger partial charge in [-0.05, 0) is 32.6 Å². The molecule has 2 heteroatoms. The smallest absolute Gasteiger partial charge is 0.0496 e. The van der Waals surface area contributed by atoms with Crippen molar-refractivity contribution in [3.63, 3.8) is 0 Å². The van der Waals surface area contributed by atoms with E-state index in [-0.39, 0.29) is 12.0 Å². The SMILES string of the molecule is CCC(C)(CO)CNC1(C)CCC1. The molecule has 78 valence electrons. The molecular formula is C11H23NO. The van der Waals surface area contributed by atoms with Crippen LogP contribution >= 0.6 is 0 Å². The van der Waals surface area contributed by atoms with E-state index in [1.54, 1.807) is 0 Å². The van der Waals surface area contributed by atoms with E-state index in [0.717, 1.165) is 13.0 Å². The van der Waals surface area contributed by atoms with Crippen molar-refractivity contribution in [3.05, 3.63) is 0 Å². The molecule has 1 aliphatic carbocycles. The fourth-order valence-corrected chi connectivity index (χ4v) is 1.60. The molecule has 13 heavy (non-hydrogen) atoms. The number of hydrogen-bond acceptors (Lipinski definition) is 2. The second kappa shape index (κ2) is 3.97. The van der Waals surface area contributed by atoms with Gasteiger partial charge in [-0.2, -0.15) is 0 Å². The summed E-state index contributed by atoms with van der Waals surface area (Å²) >= 11 is 0. The third-order valence-electron chi connectivity index (χ3n) is 3.63. The van der Waals surface area contributed by atoms with Gasteiger partial charge in [0.05, 0.1) is 0 Å². The Bertz CT molecular complexity index is 159. The molecule has 0 spiro atoms. The Kier molecular flexibility index (Phi) is 3.36. The van der Waals surface area contributed by atoms with Gasteiger partial charge < -0.3 is 10.4 Å². The van der Waals surface area contributed by atoms with E-state index in [1.807, 2.05) is 0 Å². The molecule has 1 rings (SSSR count). The van der Waals surface area contributed by atoms with E-state index in [0.29, 0.717) is 5.54 Å². The van der Waals surface area contributed by atoms with Crippen molar-refractivity contribution in [2.75, 3.05) is 13.2 Å². The van der Waals surface area contributed by atoms with Crippen molar-refractivity contribution in [2.45, 2.75) is 52.0 Å². The van der Waals surface area contributed by atoms with Crippen LogP contribution in [0.4, 0.5) is 0 Å². The van der Waals surface area contributed by atoms with Crippen molar-refractivity contribution in [3.8, 4) is 0 Å². The molecule has 0 saturated heterocycles. The van der Waals surface area contributed by atoms with E-state index in [9.17, 15) is 5.11 Å². The Hall–Kier alpha value is -0.0800. The van der Waals surface area contributed by atoms with E-state index >= 15 is 0 Å². The van der Waals surface area contributed by atoms with Crippen molar-refractivity contribution in [1.82, 2.24) is 5.32 Å². The van der Waals surface area contributed by atoms with Crippen LogP contribution in [0.15, 0.2) is 0 Å². The third-order valence-corrected chi connectivity index (χ3v) is 3.63. The summed E-state index contributed by atoms with van der Waals surface area (Å²) < 4.78 is 0. The van der Waals surface area contributed by atoms with Gasteiger partial charge in [-0.1, -0.05) is 13.8 Å². The van der Waals surface area contributed by atoms with Crippen LogP contribution in [0.2, 0.25) is 0 Å². The second-order valence-electron chi connectivity index (χ2n) is 5.09. The summed E-state index contributed by atoms with van der Waals surface area (Å²) in [7, 11) is 0. The van der Waals surface area contributed by atoms with Gasteiger partial charge in [0.15, 0.2) is 0 Å². The van der Waals surface area contributed by atoms with E-state index < -0.39 is 0 Å². The van der Waals surface area contributed by atoms with Crippen LogP contribution < -0.4 is 5.32 Å². The van der Waals surface area contributed by atoms with Crippen LogP contribution in [-0.2, 0) is 0 Å². The normalized spacial score (nSPS) is 24.9. The zero-order valence-electron chi connectivity index (χ0n) is 9.19. The zero-order valence-corrected chi connectivity index (χ0v) is 9.19. The maximum atomic E-state index is 9.23. The van der Waals surface area contributed by atoms with Crippen LogP contribution in [0, 0.1) is 5.41 Å². The summed E-state index contributed by atoms with van der Waals surface area (Å²) in [5.41, 5.74) is 0.435. The van der Waals surface area contributed by atoms with Crippen molar-refractivity contribution in [1.29, 1.82) is 0 Å². The lowest BCUT2D eigenvalue weighted by molar-refractivity contribution is 0.106. The highest BCUT2D eigenvalue weighted by molar-refractivity contribution is 4.93. The van der Waals surface area contributed by atoms with Crippen LogP contribution in [0.3, 0.4) is 0 Å². The molecule has 0 amide bonds. The number of aliphatic hydroxyl groups is 1. The first-order chi connectivity index (χ1) is 6.04. The molecule has 0 aromatic carbocycles. The van der Waals surface area contributed by atoms with E-state index in [1.165, 1.54) is 19.3 Å². The molecule has 2 N–H and O–H groups in total. The largest absolute Gasteiger partial charge is 0.396 e. The van der Waals surface area contributed by atoms with Gasteiger partial charge in [0.25, 0.3) is 0 Å². The third kappa shape index (κ3) is 2.68. The maximum absolute atomic E-state index is 9.23. The van der Waals surface area contributed by atoms with Gasteiger partial charge >= 0.3 is 0 Å². The quantitative estimate of drug-likeness (QED) is 0.686. The van der Waals surface area contributed by atoms with Gasteiger partial charge in [-0.25, -0.2) is 0 Å². The Morgan fingerprint density at radius 1 is 1.46 bits per heavy atom. The van der Waals surface area contributed by atoms with Crippen LogP contribution in [0.5, 0.6) is 0 Å². The lowest BCUT2D eigenvalue weighted by Gasteiger charge is -2.42. The van der Waals surface area contributed by atoms with Crippen molar-refractivity contribution in [2.24, 2.45) is 5.41 Å². The van der Waals surface area contributed by atoms with Crippen molar-refractivity contribution >= 4 is 0 Å². The summed E-state index contributed by atoms with van der Waals surface area (Å²) in [6.45, 7) is 7.79. The number of hydrogen-bond donors (Lipinski definition) is 2. The topological polar surface area (TPSA) is 32.3 Å². The molecule has 1 fully saturated rings. The van der Waals surface area contributed by atoms with Crippen LogP contribution in [-0.4, -0.2) is 23.8 Å². The number of nitrogens with one attached hydrogen (secondary N) is 1. The highest BCUT2D eigenvalue weighted by atomic mass is 16.3. The van der Waals surface area contributed by atoms with Crippen molar-refractivity contribution < 1.29 is 5.11 Å². The van der Waals surface area contributed by atoms with Crippen LogP contribution in [0.25, 0.3) is 0 Å². The summed E-state index contributed by atoms with van der Waals surface area (Å²) in [5.74, 6) is 0. The monoisotopic (exact) mass is 185 g/mol. The molecule has 1 saturated carbocycles. The first-order valence-electron chi connectivity index (χ1n) is 5.39. The Morgan fingerprint density at radius 3 is 2.38 bits per heavy atom. The molecule has 0 bridgehead atoms. The van der Waals surface area contributed by atoms with Gasteiger partial charge in [0, 0.05) is 24.1 Å². The molecule has 2 nitrogen and oxygen atoms in total. The highest BCUT2D eigenvalue weighted by Gasteiger charge is 2.33. The Balaban J connectivity index is 2.31. The maximum Gasteiger partial charge on any atom is 0.0496 e. The van der Waals surface area contributed by atoms with Gasteiger partial charge in [0.1, 0.15) is 0 Å². The standard InChI is InChI=1S/C11H23NO/c1-4-10(2,9-13)8-12-11(3)6-5-7-11/h12-13H,4-9H2,1-3H3. The average Bonchev–Trinajstić information content (AvgIpc) is 2.11. The van der Waals surface area contributed by atoms with Gasteiger partial charge in [-0.15, -0.1) is 0 Å². The molecule has 0 heterocycles. The van der Waals surface area contributed by atoms with Gasteiger partial charge in [-0.3, -0.25) is 0 Å². The first kappa shape index (κ1) is 11.0. The lowest BCUT2D eigenvalue weighted by atomic mass is 9.77. The lowest BCUT2D eigenvalue weighted by Crippen LogP contribution is -2.52. The Morgan fingerprint density at radius 2 is 2.08 bits per heavy atom. The second-order valence-corrected chi connectivity index (χ2v) is 5.09. The summed E-state index contributed by atoms with van der Waals surface area (Å²) in [4.78, 5) is 0. The average molecular weight is 185 g/mol. The number of aliphatic hydroxyl groups excluding tert-OH is 1. The first-order valence-corrected chi connectivity index (χ1v) is 5.39. The Labute approximate surface area is 81.7 Å². The van der Waals surface area contributed by atoms with E-state index in [4.69, 9.17) is 0 Å². The van der Waals surface area contributed by atoms with Gasteiger partial charge in [0.2, 0.25) is 0 Å². The van der Waals surface area contributed by atoms with E-state index in [2.05, 4.69) is 26.1 Å². The zero-order chi connectivity index (χ0) is 9.95. The number of rotatable bonds is 5. The fraction of sp³-hybridized carbons (Fsp3) is 1.00. The molecule has 1 atom stereocenters. The van der Waals surface area contributed by atoms with Crippen LogP contribution in [0.1, 0.15) is 46.5 Å². The fourth-order valence-electron chi connectivity index (χ4n) is 1.60. The molecule has 1 unspecified atom stereocenters. The molecule has 0 aliphatic heterocycles. The molecular weight excluding hydrogens is 162 g/mol. The molecule has 0 aromatic heterocycles. The molecule has 1 aliphatic rings. The predicted molar refractivity (Wildman–Crippen MR) is 55.7 cm³/mol. The summed E-state index contributed by atoms with van der Waals surface area (Å²) in [6.07, 6.45) is 4.97. The predicted octanol–water partition coefficient (Wildman–Crippen LogP) is 1.93. The minimum absolute atomic E-state index is 0.0681. The molecule has 0 radical (unpaired) electrons. The summed E-state index contributed by atoms with van der Waals surface area (Å²) in [6, 6.07) is 0. The minimum Gasteiger partial charge on any atom is -0.396 e. The summed E-state index contributed by atoms with van der Waals surface area (Å²) in [5, 5.41) is 12.8. The highest BCUT2D eigenvalue weighted by Crippen LogP contribution is 2.32.